The molecule has 0 bridgehead atoms. The minimum Gasteiger partial charge on any atom is -0.456 e. The highest BCUT2D eigenvalue weighted by molar-refractivity contribution is 6.02. The Morgan fingerprint density at radius 3 is 2.72 bits per heavy atom. The monoisotopic (exact) mass is 332 g/mol. The van der Waals surface area contributed by atoms with Gasteiger partial charge in [0.1, 0.15) is 11.6 Å². The molecule has 1 amide bonds. The molecule has 3 aromatic heterocycles. The number of benzene rings is 1. The number of fused-ring (bicyclic) bond motifs is 1. The molecule has 0 unspecified atom stereocenters. The lowest BCUT2D eigenvalue weighted by molar-refractivity contribution is 0.0994. The predicted molar refractivity (Wildman–Crippen MR) is 95.0 cm³/mol. The second kappa shape index (κ2) is 5.90. The smallest absolute Gasteiger partial charge is 0.292 e. The van der Waals surface area contributed by atoms with Crippen molar-refractivity contribution in [2.75, 3.05) is 5.32 Å². The fourth-order valence-electron chi connectivity index (χ4n) is 2.67. The summed E-state index contributed by atoms with van der Waals surface area (Å²) in [5.41, 5.74) is 1.65. The third-order valence-corrected chi connectivity index (χ3v) is 3.84. The van der Waals surface area contributed by atoms with E-state index in [1.54, 1.807) is 29.8 Å². The molecule has 1 aromatic carbocycles. The van der Waals surface area contributed by atoms with Crippen molar-refractivity contribution in [2.24, 2.45) is 0 Å². The lowest BCUT2D eigenvalue weighted by atomic mass is 10.2. The van der Waals surface area contributed by atoms with Crippen LogP contribution in [0.4, 0.5) is 5.82 Å². The van der Waals surface area contributed by atoms with Gasteiger partial charge in [0.25, 0.3) is 5.91 Å². The van der Waals surface area contributed by atoms with E-state index < -0.39 is 0 Å². The summed E-state index contributed by atoms with van der Waals surface area (Å²) >= 11 is 0. The van der Waals surface area contributed by atoms with Crippen molar-refractivity contribution >= 4 is 22.6 Å². The Morgan fingerprint density at radius 2 is 1.92 bits per heavy atom. The summed E-state index contributed by atoms with van der Waals surface area (Å²) < 4.78 is 6.99. The third-order valence-electron chi connectivity index (χ3n) is 3.84. The number of pyridine rings is 1. The third kappa shape index (κ3) is 2.89. The summed E-state index contributed by atoms with van der Waals surface area (Å²) in [6.45, 7) is 3.66. The van der Waals surface area contributed by atoms with Crippen molar-refractivity contribution in [2.45, 2.75) is 13.8 Å². The molecule has 0 fully saturated rings. The van der Waals surface area contributed by atoms with E-state index in [9.17, 15) is 4.79 Å². The van der Waals surface area contributed by atoms with Gasteiger partial charge in [-0.1, -0.05) is 18.2 Å². The van der Waals surface area contributed by atoms with Gasteiger partial charge in [0.15, 0.2) is 11.6 Å². The summed E-state index contributed by atoms with van der Waals surface area (Å²) in [7, 11) is 0. The Morgan fingerprint density at radius 1 is 1.08 bits per heavy atom. The normalized spacial score (nSPS) is 11.0. The molecular formula is C19H16N4O2. The lowest BCUT2D eigenvalue weighted by Gasteiger charge is -2.08. The Labute approximate surface area is 144 Å². The van der Waals surface area contributed by atoms with E-state index in [-0.39, 0.29) is 11.7 Å². The van der Waals surface area contributed by atoms with Gasteiger partial charge >= 0.3 is 0 Å². The number of carbonyl (C=O) groups is 1. The van der Waals surface area contributed by atoms with E-state index in [1.807, 2.05) is 43.3 Å². The lowest BCUT2D eigenvalue weighted by Crippen LogP contribution is -2.15. The average Bonchev–Trinajstić information content (AvgIpc) is 3.20. The zero-order valence-electron chi connectivity index (χ0n) is 13.9. The molecule has 0 spiro atoms. The zero-order valence-corrected chi connectivity index (χ0v) is 13.9. The number of aryl methyl sites for hydroxylation is 2. The topological polar surface area (TPSA) is 73.0 Å². The number of aromatic nitrogens is 3. The fraction of sp³-hybridized carbons (Fsp3) is 0.105. The van der Waals surface area contributed by atoms with E-state index in [0.717, 1.165) is 16.6 Å². The molecule has 1 N–H and O–H groups in total. The van der Waals surface area contributed by atoms with E-state index >= 15 is 0 Å². The standard InChI is InChI=1S/C19H16N4O2/c1-12-11-18(21-19(24)16-9-7-13(2)25-16)23(22-12)17-10-8-14-5-3-4-6-15(14)20-17/h3-11H,1-2H3,(H,21,24). The average molecular weight is 332 g/mol. The van der Waals surface area contributed by atoms with Crippen molar-refractivity contribution in [3.63, 3.8) is 0 Å². The highest BCUT2D eigenvalue weighted by Crippen LogP contribution is 2.20. The molecule has 4 aromatic rings. The number of hydrogen-bond acceptors (Lipinski definition) is 4. The van der Waals surface area contributed by atoms with Crippen molar-refractivity contribution in [3.8, 4) is 5.82 Å². The molecule has 6 nitrogen and oxygen atoms in total. The molecule has 124 valence electrons. The maximum Gasteiger partial charge on any atom is 0.292 e. The quantitative estimate of drug-likeness (QED) is 0.618. The van der Waals surface area contributed by atoms with Crippen LogP contribution in [0.3, 0.4) is 0 Å². The first-order valence-electron chi connectivity index (χ1n) is 7.91. The molecule has 0 aliphatic rings. The largest absolute Gasteiger partial charge is 0.456 e. The molecule has 0 saturated heterocycles. The van der Waals surface area contributed by atoms with Crippen molar-refractivity contribution in [3.05, 3.63) is 71.8 Å². The molecule has 0 atom stereocenters. The van der Waals surface area contributed by atoms with Crippen LogP contribution in [-0.2, 0) is 0 Å². The van der Waals surface area contributed by atoms with Crippen LogP contribution in [0.5, 0.6) is 0 Å². The Hall–Kier alpha value is -3.41. The van der Waals surface area contributed by atoms with Gasteiger partial charge in [0.05, 0.1) is 11.2 Å². The van der Waals surface area contributed by atoms with E-state index in [0.29, 0.717) is 17.4 Å². The Kier molecular flexibility index (Phi) is 3.57. The molecule has 4 rings (SSSR count). The second-order valence-electron chi connectivity index (χ2n) is 5.81. The van der Waals surface area contributed by atoms with Crippen LogP contribution in [0.2, 0.25) is 0 Å². The minimum absolute atomic E-state index is 0.259. The number of rotatable bonds is 3. The highest BCUT2D eigenvalue weighted by Gasteiger charge is 2.15. The molecule has 6 heteroatoms. The summed E-state index contributed by atoms with van der Waals surface area (Å²) in [4.78, 5) is 17.0. The van der Waals surface area contributed by atoms with Crippen molar-refractivity contribution in [1.82, 2.24) is 14.8 Å². The first kappa shape index (κ1) is 15.1. The number of anilines is 1. The van der Waals surface area contributed by atoms with Gasteiger partial charge in [-0.2, -0.15) is 9.78 Å². The number of nitrogens with one attached hydrogen (secondary N) is 1. The van der Waals surface area contributed by atoms with Gasteiger partial charge < -0.3 is 9.73 Å². The molecule has 0 radical (unpaired) electrons. The van der Waals surface area contributed by atoms with Crippen LogP contribution in [0.15, 0.2) is 59.0 Å². The van der Waals surface area contributed by atoms with Gasteiger partial charge in [0, 0.05) is 11.5 Å². The molecule has 0 aliphatic carbocycles. The molecule has 25 heavy (non-hydrogen) atoms. The van der Waals surface area contributed by atoms with Crippen molar-refractivity contribution < 1.29 is 9.21 Å². The van der Waals surface area contributed by atoms with Crippen LogP contribution in [0.25, 0.3) is 16.7 Å². The van der Waals surface area contributed by atoms with Gasteiger partial charge in [-0.05, 0) is 44.2 Å². The molecule has 0 saturated carbocycles. The van der Waals surface area contributed by atoms with Crippen LogP contribution in [0, 0.1) is 13.8 Å². The highest BCUT2D eigenvalue weighted by atomic mass is 16.3. The Balaban J connectivity index is 1.71. The Bertz CT molecular complexity index is 1080. The van der Waals surface area contributed by atoms with Gasteiger partial charge in [-0.15, -0.1) is 0 Å². The van der Waals surface area contributed by atoms with Crippen LogP contribution >= 0.6 is 0 Å². The predicted octanol–water partition coefficient (Wildman–Crippen LogP) is 3.88. The summed E-state index contributed by atoms with van der Waals surface area (Å²) in [5.74, 6) is 1.80. The van der Waals surface area contributed by atoms with E-state index in [1.165, 1.54) is 0 Å². The first-order chi connectivity index (χ1) is 12.1. The van der Waals surface area contributed by atoms with Gasteiger partial charge in [-0.3, -0.25) is 4.79 Å². The SMILES string of the molecule is Cc1cc(NC(=O)c2ccc(C)o2)n(-c2ccc3ccccc3n2)n1. The van der Waals surface area contributed by atoms with E-state index in [2.05, 4.69) is 15.4 Å². The number of para-hydroxylation sites is 1. The maximum atomic E-state index is 12.4. The summed E-state index contributed by atoms with van der Waals surface area (Å²) in [6, 6.07) is 16.9. The second-order valence-corrected chi connectivity index (χ2v) is 5.81. The molecule has 3 heterocycles. The molecular weight excluding hydrogens is 316 g/mol. The number of hydrogen-bond donors (Lipinski definition) is 1. The van der Waals surface area contributed by atoms with Crippen LogP contribution in [-0.4, -0.2) is 20.7 Å². The summed E-state index contributed by atoms with van der Waals surface area (Å²) in [6.07, 6.45) is 0. The number of nitrogens with zero attached hydrogens (tertiary/aromatic N) is 3. The number of amides is 1. The first-order valence-corrected chi connectivity index (χ1v) is 7.91. The number of furan rings is 1. The minimum atomic E-state index is -0.324. The number of carbonyl (C=O) groups excluding carboxylic acids is 1. The van der Waals surface area contributed by atoms with Crippen LogP contribution in [0.1, 0.15) is 22.0 Å². The van der Waals surface area contributed by atoms with Crippen molar-refractivity contribution in [1.29, 1.82) is 0 Å². The van der Waals surface area contributed by atoms with Crippen LogP contribution < -0.4 is 5.32 Å². The maximum absolute atomic E-state index is 12.4. The fourth-order valence-corrected chi connectivity index (χ4v) is 2.67. The van der Waals surface area contributed by atoms with E-state index in [4.69, 9.17) is 4.42 Å². The molecule has 0 aliphatic heterocycles. The van der Waals surface area contributed by atoms with Gasteiger partial charge in [-0.25, -0.2) is 4.98 Å². The summed E-state index contributed by atoms with van der Waals surface area (Å²) in [5, 5.41) is 8.33. The zero-order chi connectivity index (χ0) is 17.4. The van der Waals surface area contributed by atoms with Gasteiger partial charge in [0.2, 0.25) is 0 Å².